The number of benzene rings is 2. The van der Waals surface area contributed by atoms with Crippen LogP contribution in [0, 0.1) is 20.8 Å². The number of aromatic nitrogens is 2. The summed E-state index contributed by atoms with van der Waals surface area (Å²) in [6.07, 6.45) is 3.55. The van der Waals surface area contributed by atoms with E-state index >= 15 is 0 Å². The van der Waals surface area contributed by atoms with Crippen LogP contribution in [0.5, 0.6) is 0 Å². The topological polar surface area (TPSA) is 76.0 Å². The Labute approximate surface area is 168 Å². The van der Waals surface area contributed by atoms with Gasteiger partial charge in [0.15, 0.2) is 5.16 Å². The summed E-state index contributed by atoms with van der Waals surface area (Å²) in [5.74, 6) is -0.296. The van der Waals surface area contributed by atoms with Gasteiger partial charge in [0, 0.05) is 18.1 Å². The van der Waals surface area contributed by atoms with Crippen molar-refractivity contribution < 1.29 is 9.59 Å². The molecular weight excluding hydrogens is 372 g/mol. The summed E-state index contributed by atoms with van der Waals surface area (Å²) in [5.41, 5.74) is 4.85. The number of aryl methyl sites for hydroxylation is 2. The molecule has 1 aromatic heterocycles. The third-order valence-corrected chi connectivity index (χ3v) is 5.39. The van der Waals surface area contributed by atoms with E-state index < -0.39 is 6.03 Å². The van der Waals surface area contributed by atoms with E-state index in [0.717, 1.165) is 22.4 Å². The van der Waals surface area contributed by atoms with Crippen LogP contribution in [0.1, 0.15) is 16.7 Å². The fourth-order valence-corrected chi connectivity index (χ4v) is 3.51. The maximum absolute atomic E-state index is 12.2. The molecule has 0 fully saturated rings. The van der Waals surface area contributed by atoms with Gasteiger partial charge in [-0.15, -0.1) is 0 Å². The Morgan fingerprint density at radius 3 is 2.57 bits per heavy atom. The van der Waals surface area contributed by atoms with Gasteiger partial charge >= 0.3 is 6.03 Å². The second-order valence-corrected chi connectivity index (χ2v) is 7.35. The molecule has 3 amide bonds. The predicted octanol–water partition coefficient (Wildman–Crippen LogP) is 4.24. The van der Waals surface area contributed by atoms with Gasteiger partial charge in [-0.05, 0) is 49.6 Å². The van der Waals surface area contributed by atoms with Crippen LogP contribution < -0.4 is 10.6 Å². The summed E-state index contributed by atoms with van der Waals surface area (Å²) in [6, 6.07) is 13.1. The van der Waals surface area contributed by atoms with E-state index in [9.17, 15) is 9.59 Å². The first kappa shape index (κ1) is 19.7. The lowest BCUT2D eigenvalue weighted by molar-refractivity contribution is -0.117. The number of rotatable bonds is 5. The monoisotopic (exact) mass is 394 g/mol. The van der Waals surface area contributed by atoms with Crippen LogP contribution in [0.3, 0.4) is 0 Å². The lowest BCUT2D eigenvalue weighted by Crippen LogP contribution is -2.35. The van der Waals surface area contributed by atoms with Crippen molar-refractivity contribution in [2.45, 2.75) is 25.9 Å². The number of imide groups is 1. The van der Waals surface area contributed by atoms with E-state index in [4.69, 9.17) is 0 Å². The molecule has 0 aliphatic carbocycles. The fourth-order valence-electron chi connectivity index (χ4n) is 2.75. The smallest absolute Gasteiger partial charge is 0.307 e. The molecule has 0 aliphatic heterocycles. The highest BCUT2D eigenvalue weighted by Gasteiger charge is 2.13. The van der Waals surface area contributed by atoms with Gasteiger partial charge in [-0.3, -0.25) is 14.7 Å². The number of amides is 3. The number of nitrogens with zero attached hydrogens (tertiary/aromatic N) is 2. The molecule has 144 valence electrons. The van der Waals surface area contributed by atoms with Crippen molar-refractivity contribution >= 4 is 29.4 Å². The molecule has 0 saturated heterocycles. The zero-order valence-corrected chi connectivity index (χ0v) is 16.8. The number of nitrogens with one attached hydrogen (secondary N) is 2. The van der Waals surface area contributed by atoms with Crippen LogP contribution in [-0.2, 0) is 4.79 Å². The highest BCUT2D eigenvalue weighted by atomic mass is 32.2. The van der Waals surface area contributed by atoms with Gasteiger partial charge in [0.25, 0.3) is 0 Å². The van der Waals surface area contributed by atoms with E-state index in [2.05, 4.69) is 15.6 Å². The molecule has 0 saturated carbocycles. The van der Waals surface area contributed by atoms with Crippen molar-refractivity contribution in [2.75, 3.05) is 11.1 Å². The maximum Gasteiger partial charge on any atom is 0.325 e. The van der Waals surface area contributed by atoms with Gasteiger partial charge in [-0.1, -0.05) is 42.1 Å². The number of carbonyl (C=O) groups excluding carboxylic acids is 2. The number of para-hydroxylation sites is 1. The Bertz CT molecular complexity index is 1010. The molecule has 0 radical (unpaired) electrons. The molecular formula is C21H22N4O2S. The average Bonchev–Trinajstić information content (AvgIpc) is 3.12. The number of carbonyl (C=O) groups is 2. The van der Waals surface area contributed by atoms with E-state index in [1.165, 1.54) is 11.8 Å². The molecule has 28 heavy (non-hydrogen) atoms. The molecule has 3 rings (SSSR count). The van der Waals surface area contributed by atoms with Gasteiger partial charge < -0.3 is 5.32 Å². The van der Waals surface area contributed by atoms with Gasteiger partial charge in [0.05, 0.1) is 11.4 Å². The van der Waals surface area contributed by atoms with Crippen LogP contribution in [0.25, 0.3) is 5.69 Å². The summed E-state index contributed by atoms with van der Waals surface area (Å²) in [6.45, 7) is 5.92. The molecule has 3 aromatic rings. The number of thioether (sulfide) groups is 1. The van der Waals surface area contributed by atoms with Crippen LogP contribution in [0.15, 0.2) is 60.0 Å². The number of urea groups is 1. The SMILES string of the molecule is Cc1ccccc1-n1ccnc1SCC(=O)NC(=O)Nc1cccc(C)c1C. The summed E-state index contributed by atoms with van der Waals surface area (Å²) >= 11 is 1.28. The summed E-state index contributed by atoms with van der Waals surface area (Å²) < 4.78 is 1.93. The fraction of sp³-hybridized carbons (Fsp3) is 0.190. The predicted molar refractivity (Wildman–Crippen MR) is 112 cm³/mol. The van der Waals surface area contributed by atoms with Gasteiger partial charge in [0.2, 0.25) is 5.91 Å². The molecule has 2 aromatic carbocycles. The molecule has 0 unspecified atom stereocenters. The number of hydrogen-bond donors (Lipinski definition) is 2. The van der Waals surface area contributed by atoms with Crippen molar-refractivity contribution in [3.8, 4) is 5.69 Å². The minimum atomic E-state index is -0.540. The first-order chi connectivity index (χ1) is 13.5. The number of imidazole rings is 1. The first-order valence-electron chi connectivity index (χ1n) is 8.85. The normalized spacial score (nSPS) is 10.5. The number of anilines is 1. The molecule has 0 aliphatic rings. The average molecular weight is 395 g/mol. The van der Waals surface area contributed by atoms with E-state index in [1.807, 2.05) is 67.9 Å². The summed E-state index contributed by atoms with van der Waals surface area (Å²) in [5, 5.41) is 5.77. The molecule has 0 atom stereocenters. The minimum Gasteiger partial charge on any atom is -0.307 e. The molecule has 0 bridgehead atoms. The van der Waals surface area contributed by atoms with Crippen LogP contribution >= 0.6 is 11.8 Å². The van der Waals surface area contributed by atoms with Crippen LogP contribution in [0.4, 0.5) is 10.5 Å². The minimum absolute atomic E-state index is 0.0864. The Balaban J connectivity index is 1.58. The second kappa shape index (κ2) is 8.75. The number of hydrogen-bond acceptors (Lipinski definition) is 4. The molecule has 1 heterocycles. The molecule has 2 N–H and O–H groups in total. The Morgan fingerprint density at radius 2 is 1.79 bits per heavy atom. The zero-order chi connectivity index (χ0) is 20.1. The summed E-state index contributed by atoms with van der Waals surface area (Å²) in [7, 11) is 0. The van der Waals surface area contributed by atoms with Crippen molar-refractivity contribution in [3.63, 3.8) is 0 Å². The van der Waals surface area contributed by atoms with Gasteiger partial charge in [-0.25, -0.2) is 9.78 Å². The molecule has 7 heteroatoms. The van der Waals surface area contributed by atoms with E-state index in [0.29, 0.717) is 10.8 Å². The lowest BCUT2D eigenvalue weighted by Gasteiger charge is -2.11. The van der Waals surface area contributed by atoms with E-state index in [1.54, 1.807) is 12.3 Å². The van der Waals surface area contributed by atoms with Crippen LogP contribution in [0.2, 0.25) is 0 Å². The van der Waals surface area contributed by atoms with Gasteiger partial charge in [-0.2, -0.15) is 0 Å². The second-order valence-electron chi connectivity index (χ2n) is 6.40. The lowest BCUT2D eigenvalue weighted by atomic mass is 10.1. The van der Waals surface area contributed by atoms with Crippen LogP contribution in [-0.4, -0.2) is 27.2 Å². The zero-order valence-electron chi connectivity index (χ0n) is 16.0. The Hall–Kier alpha value is -3.06. The largest absolute Gasteiger partial charge is 0.325 e. The van der Waals surface area contributed by atoms with Crippen molar-refractivity contribution in [1.82, 2.24) is 14.9 Å². The highest BCUT2D eigenvalue weighted by Crippen LogP contribution is 2.22. The Morgan fingerprint density at radius 1 is 1.04 bits per heavy atom. The first-order valence-corrected chi connectivity index (χ1v) is 9.83. The highest BCUT2D eigenvalue weighted by molar-refractivity contribution is 7.99. The summed E-state index contributed by atoms with van der Waals surface area (Å²) in [4.78, 5) is 28.6. The quantitative estimate of drug-likeness (QED) is 0.635. The molecule has 6 nitrogen and oxygen atoms in total. The third kappa shape index (κ3) is 4.61. The maximum atomic E-state index is 12.2. The van der Waals surface area contributed by atoms with Crippen molar-refractivity contribution in [2.24, 2.45) is 0 Å². The van der Waals surface area contributed by atoms with Crippen molar-refractivity contribution in [3.05, 3.63) is 71.5 Å². The standard InChI is InChI=1S/C21H22N4O2S/c1-14-8-6-9-17(16(14)3)23-20(27)24-19(26)13-28-21-22-11-12-25(21)18-10-5-4-7-15(18)2/h4-12H,13H2,1-3H3,(H2,23,24,26,27). The van der Waals surface area contributed by atoms with E-state index in [-0.39, 0.29) is 11.7 Å². The Kier molecular flexibility index (Phi) is 6.16. The van der Waals surface area contributed by atoms with Gasteiger partial charge in [0.1, 0.15) is 0 Å². The molecule has 0 spiro atoms. The van der Waals surface area contributed by atoms with Crippen molar-refractivity contribution in [1.29, 1.82) is 0 Å². The third-order valence-electron chi connectivity index (χ3n) is 4.42.